The topological polar surface area (TPSA) is 66.8 Å². The van der Waals surface area contributed by atoms with Crippen molar-refractivity contribution in [3.8, 4) is 5.75 Å². The van der Waals surface area contributed by atoms with Gasteiger partial charge in [-0.25, -0.2) is 0 Å². The number of carbonyl (C=O) groups is 2. The number of carbonyl (C=O) groups excluding carboxylic acids is 2. The molecule has 1 fully saturated rings. The maximum Gasteiger partial charge on any atom is 0.300 e. The molecule has 0 bridgehead atoms. The zero-order chi connectivity index (χ0) is 22.1. The van der Waals surface area contributed by atoms with Gasteiger partial charge in [0.15, 0.2) is 0 Å². The van der Waals surface area contributed by atoms with Gasteiger partial charge in [0.2, 0.25) is 0 Å². The van der Waals surface area contributed by atoms with Gasteiger partial charge in [-0.2, -0.15) is 0 Å². The van der Waals surface area contributed by atoms with Crippen molar-refractivity contribution in [2.75, 3.05) is 12.0 Å². The maximum absolute atomic E-state index is 13.1. The first-order chi connectivity index (χ1) is 14.9. The van der Waals surface area contributed by atoms with Crippen LogP contribution in [0.15, 0.2) is 78.4 Å². The predicted molar refractivity (Wildman–Crippen MR) is 121 cm³/mol. The number of anilines is 1. The van der Waals surface area contributed by atoms with E-state index in [1.807, 2.05) is 18.2 Å². The van der Waals surface area contributed by atoms with Crippen LogP contribution in [0, 0.1) is 0 Å². The Morgan fingerprint density at radius 3 is 2.29 bits per heavy atom. The van der Waals surface area contributed by atoms with Crippen molar-refractivity contribution in [3.05, 3.63) is 99.5 Å². The highest BCUT2D eigenvalue weighted by Crippen LogP contribution is 2.42. The minimum atomic E-state index is -0.816. The molecule has 0 aromatic heterocycles. The van der Waals surface area contributed by atoms with Crippen LogP contribution >= 0.6 is 23.2 Å². The Labute approximate surface area is 189 Å². The number of hydrogen-bond acceptors (Lipinski definition) is 4. The van der Waals surface area contributed by atoms with Gasteiger partial charge in [0.05, 0.1) is 23.7 Å². The Kier molecular flexibility index (Phi) is 5.72. The molecule has 1 saturated heterocycles. The van der Waals surface area contributed by atoms with Gasteiger partial charge in [-0.1, -0.05) is 53.5 Å². The van der Waals surface area contributed by atoms with Crippen LogP contribution in [-0.2, 0) is 9.59 Å². The summed E-state index contributed by atoms with van der Waals surface area (Å²) in [5.74, 6) is -1.48. The molecule has 1 aliphatic heterocycles. The fourth-order valence-electron chi connectivity index (χ4n) is 3.61. The highest BCUT2D eigenvalue weighted by atomic mass is 35.5. The molecule has 1 aliphatic rings. The van der Waals surface area contributed by atoms with E-state index in [1.54, 1.807) is 48.5 Å². The molecule has 1 atom stereocenters. The second-order valence-corrected chi connectivity index (χ2v) is 7.75. The van der Waals surface area contributed by atoms with E-state index in [9.17, 15) is 14.7 Å². The van der Waals surface area contributed by atoms with E-state index >= 15 is 0 Å². The van der Waals surface area contributed by atoms with Crippen LogP contribution in [-0.4, -0.2) is 23.9 Å². The van der Waals surface area contributed by atoms with E-state index in [1.165, 1.54) is 18.1 Å². The zero-order valence-electron chi connectivity index (χ0n) is 16.4. The molecule has 1 N–H and O–H groups in total. The van der Waals surface area contributed by atoms with Crippen molar-refractivity contribution in [1.29, 1.82) is 0 Å². The van der Waals surface area contributed by atoms with Crippen LogP contribution in [0.1, 0.15) is 17.2 Å². The van der Waals surface area contributed by atoms with Crippen LogP contribution in [0.2, 0.25) is 10.0 Å². The number of ether oxygens (including phenoxy) is 1. The average molecular weight is 454 g/mol. The minimum Gasteiger partial charge on any atom is -0.507 e. The molecule has 1 amide bonds. The quantitative estimate of drug-likeness (QED) is 0.315. The molecule has 7 heteroatoms. The van der Waals surface area contributed by atoms with Crippen LogP contribution in [0.3, 0.4) is 0 Å². The van der Waals surface area contributed by atoms with Crippen LogP contribution in [0.5, 0.6) is 5.75 Å². The van der Waals surface area contributed by atoms with Crippen LogP contribution < -0.4 is 9.64 Å². The molecule has 0 spiro atoms. The fourth-order valence-corrected chi connectivity index (χ4v) is 3.93. The van der Waals surface area contributed by atoms with Gasteiger partial charge in [0.1, 0.15) is 11.5 Å². The standard InChI is InChI=1S/C24H17Cl2NO4/c1-31-19-13-15(7-12-18(19)26)22(28)20-21(14-5-3-2-4-6-14)27(24(30)23(20)29)17-10-8-16(25)9-11-17/h2-13,21,28H,1H3/b22-20-. The number of halogens is 2. The number of aliphatic hydroxyl groups excluding tert-OH is 1. The lowest BCUT2D eigenvalue weighted by molar-refractivity contribution is -0.132. The number of rotatable bonds is 4. The lowest BCUT2D eigenvalue weighted by Gasteiger charge is -2.25. The van der Waals surface area contributed by atoms with E-state index in [-0.39, 0.29) is 11.3 Å². The maximum atomic E-state index is 13.1. The summed E-state index contributed by atoms with van der Waals surface area (Å²) in [5.41, 5.74) is 1.47. The number of hydrogen-bond donors (Lipinski definition) is 1. The number of benzene rings is 3. The summed E-state index contributed by atoms with van der Waals surface area (Å²) in [4.78, 5) is 27.5. The van der Waals surface area contributed by atoms with E-state index in [4.69, 9.17) is 27.9 Å². The summed E-state index contributed by atoms with van der Waals surface area (Å²) in [6.07, 6.45) is 0. The van der Waals surface area contributed by atoms with Gasteiger partial charge in [-0.15, -0.1) is 0 Å². The van der Waals surface area contributed by atoms with Crippen molar-refractivity contribution < 1.29 is 19.4 Å². The van der Waals surface area contributed by atoms with Gasteiger partial charge in [-0.05, 0) is 48.0 Å². The SMILES string of the molecule is COc1cc(/C(O)=C2/C(=O)C(=O)N(c3ccc(Cl)cc3)C2c2ccccc2)ccc1Cl. The molecule has 4 rings (SSSR count). The van der Waals surface area contributed by atoms with Crippen molar-refractivity contribution in [2.24, 2.45) is 0 Å². The molecular weight excluding hydrogens is 437 g/mol. The number of nitrogens with zero attached hydrogens (tertiary/aromatic N) is 1. The summed E-state index contributed by atoms with van der Waals surface area (Å²) in [6, 6.07) is 19.5. The van der Waals surface area contributed by atoms with Crippen LogP contribution in [0.4, 0.5) is 5.69 Å². The Balaban J connectivity index is 1.93. The van der Waals surface area contributed by atoms with Gasteiger partial charge < -0.3 is 9.84 Å². The molecule has 1 heterocycles. The molecule has 0 radical (unpaired) electrons. The second kappa shape index (κ2) is 8.46. The normalized spacial score (nSPS) is 17.8. The first kappa shape index (κ1) is 21.0. The van der Waals surface area contributed by atoms with Gasteiger partial charge in [0.25, 0.3) is 11.7 Å². The molecular formula is C24H17Cl2NO4. The molecule has 156 valence electrons. The van der Waals surface area contributed by atoms with E-state index in [2.05, 4.69) is 0 Å². The van der Waals surface area contributed by atoms with E-state index in [0.29, 0.717) is 32.6 Å². The highest BCUT2D eigenvalue weighted by Gasteiger charge is 2.46. The summed E-state index contributed by atoms with van der Waals surface area (Å²) < 4.78 is 5.22. The summed E-state index contributed by atoms with van der Waals surface area (Å²) >= 11 is 12.1. The number of ketones is 1. The van der Waals surface area contributed by atoms with Crippen molar-refractivity contribution >= 4 is 46.3 Å². The number of aliphatic hydroxyl groups is 1. The zero-order valence-corrected chi connectivity index (χ0v) is 17.9. The Morgan fingerprint density at radius 2 is 1.65 bits per heavy atom. The summed E-state index contributed by atoms with van der Waals surface area (Å²) in [5, 5.41) is 12.0. The smallest absolute Gasteiger partial charge is 0.300 e. The predicted octanol–water partition coefficient (Wildman–Crippen LogP) is 5.63. The monoisotopic (exact) mass is 453 g/mol. The molecule has 1 unspecified atom stereocenters. The van der Waals surface area contributed by atoms with Crippen molar-refractivity contribution in [2.45, 2.75) is 6.04 Å². The third-order valence-electron chi connectivity index (χ3n) is 5.09. The molecule has 3 aromatic carbocycles. The molecule has 0 saturated carbocycles. The highest BCUT2D eigenvalue weighted by molar-refractivity contribution is 6.51. The van der Waals surface area contributed by atoms with E-state index < -0.39 is 17.7 Å². The number of Topliss-reactive ketones (excluding diaryl/α,β-unsaturated/α-hetero) is 1. The minimum absolute atomic E-state index is 0.0180. The molecule has 5 nitrogen and oxygen atoms in total. The third-order valence-corrected chi connectivity index (χ3v) is 5.65. The average Bonchev–Trinajstić information content (AvgIpc) is 3.05. The Bertz CT molecular complexity index is 1190. The first-order valence-corrected chi connectivity index (χ1v) is 10.1. The lowest BCUT2D eigenvalue weighted by Crippen LogP contribution is -2.29. The fraction of sp³-hybridized carbons (Fsp3) is 0.0833. The van der Waals surface area contributed by atoms with Gasteiger partial charge in [-0.3, -0.25) is 14.5 Å². The molecule has 3 aromatic rings. The molecule has 0 aliphatic carbocycles. The first-order valence-electron chi connectivity index (χ1n) is 9.38. The Hall–Kier alpha value is -3.28. The van der Waals surface area contributed by atoms with E-state index in [0.717, 1.165) is 0 Å². The van der Waals surface area contributed by atoms with Gasteiger partial charge in [0, 0.05) is 16.3 Å². The number of amides is 1. The lowest BCUT2D eigenvalue weighted by atomic mass is 9.95. The summed E-state index contributed by atoms with van der Waals surface area (Å²) in [6.45, 7) is 0. The number of methoxy groups -OCH3 is 1. The third kappa shape index (κ3) is 3.78. The van der Waals surface area contributed by atoms with Crippen molar-refractivity contribution in [1.82, 2.24) is 0 Å². The van der Waals surface area contributed by atoms with Gasteiger partial charge >= 0.3 is 0 Å². The second-order valence-electron chi connectivity index (χ2n) is 6.91. The summed E-state index contributed by atoms with van der Waals surface area (Å²) in [7, 11) is 1.45. The van der Waals surface area contributed by atoms with Crippen molar-refractivity contribution in [3.63, 3.8) is 0 Å². The Morgan fingerprint density at radius 1 is 0.968 bits per heavy atom. The van der Waals surface area contributed by atoms with Crippen LogP contribution in [0.25, 0.3) is 5.76 Å². The largest absolute Gasteiger partial charge is 0.507 e. The molecule has 31 heavy (non-hydrogen) atoms.